The molecule has 9 heteroatoms. The number of ether oxygens (including phenoxy) is 1. The number of guanidine groups is 1. The molecule has 1 fully saturated rings. The van der Waals surface area contributed by atoms with Gasteiger partial charge < -0.3 is 20.3 Å². The van der Waals surface area contributed by atoms with Crippen LogP contribution in [0.4, 0.5) is 13.2 Å². The van der Waals surface area contributed by atoms with Crippen LogP contribution in [0.5, 0.6) is 5.75 Å². The highest BCUT2D eigenvalue weighted by atomic mass is 19.4. The average molecular weight is 414 g/mol. The van der Waals surface area contributed by atoms with Crippen molar-refractivity contribution in [1.82, 2.24) is 15.5 Å². The lowest BCUT2D eigenvalue weighted by Crippen LogP contribution is -2.46. The molecule has 2 rings (SSSR count). The SMILES string of the molecule is CCNC(=NCc1ccccc1OCC(F)(F)F)N1CCC(CC(=O)NC)CC1. The van der Waals surface area contributed by atoms with E-state index in [0.717, 1.165) is 31.9 Å². The minimum atomic E-state index is -4.38. The number of hydrogen-bond donors (Lipinski definition) is 2. The molecular weight excluding hydrogens is 385 g/mol. The Morgan fingerprint density at radius 3 is 2.59 bits per heavy atom. The van der Waals surface area contributed by atoms with Gasteiger partial charge in [0.15, 0.2) is 12.6 Å². The largest absolute Gasteiger partial charge is 0.484 e. The third-order valence-corrected chi connectivity index (χ3v) is 4.76. The molecule has 0 spiro atoms. The fourth-order valence-electron chi connectivity index (χ4n) is 3.23. The third kappa shape index (κ3) is 7.83. The van der Waals surface area contributed by atoms with E-state index in [2.05, 4.69) is 20.5 Å². The summed E-state index contributed by atoms with van der Waals surface area (Å²) in [6, 6.07) is 6.63. The Balaban J connectivity index is 2.00. The van der Waals surface area contributed by atoms with E-state index >= 15 is 0 Å². The van der Waals surface area contributed by atoms with Crippen LogP contribution in [0.3, 0.4) is 0 Å². The van der Waals surface area contributed by atoms with Crippen molar-refractivity contribution in [2.75, 3.05) is 33.3 Å². The first-order valence-electron chi connectivity index (χ1n) is 9.83. The van der Waals surface area contributed by atoms with Crippen LogP contribution in [0.2, 0.25) is 0 Å². The van der Waals surface area contributed by atoms with Gasteiger partial charge in [-0.25, -0.2) is 4.99 Å². The number of hydrogen-bond acceptors (Lipinski definition) is 3. The maximum Gasteiger partial charge on any atom is 0.422 e. The third-order valence-electron chi connectivity index (χ3n) is 4.76. The Hall–Kier alpha value is -2.45. The van der Waals surface area contributed by atoms with E-state index in [1.807, 2.05) is 6.92 Å². The van der Waals surface area contributed by atoms with Crippen molar-refractivity contribution in [2.24, 2.45) is 10.9 Å². The number of nitrogens with one attached hydrogen (secondary N) is 2. The summed E-state index contributed by atoms with van der Waals surface area (Å²) in [5.74, 6) is 1.32. The molecule has 2 N–H and O–H groups in total. The van der Waals surface area contributed by atoms with Crippen molar-refractivity contribution in [3.63, 3.8) is 0 Å². The predicted molar refractivity (Wildman–Crippen MR) is 106 cm³/mol. The number of aliphatic imine (C=N–C) groups is 1. The summed E-state index contributed by atoms with van der Waals surface area (Å²) < 4.78 is 42.3. The molecule has 0 radical (unpaired) electrons. The minimum Gasteiger partial charge on any atom is -0.484 e. The van der Waals surface area contributed by atoms with E-state index in [4.69, 9.17) is 4.74 Å². The molecule has 1 heterocycles. The van der Waals surface area contributed by atoms with Crippen LogP contribution in [0.25, 0.3) is 0 Å². The number of benzene rings is 1. The Labute approximate surface area is 169 Å². The van der Waals surface area contributed by atoms with Crippen molar-refractivity contribution in [2.45, 2.75) is 38.9 Å². The van der Waals surface area contributed by atoms with Crippen LogP contribution in [-0.4, -0.2) is 56.2 Å². The molecule has 1 aliphatic rings. The number of rotatable bonds is 7. The van der Waals surface area contributed by atoms with Gasteiger partial charge in [-0.05, 0) is 31.7 Å². The van der Waals surface area contributed by atoms with Gasteiger partial charge in [0.2, 0.25) is 5.91 Å². The van der Waals surface area contributed by atoms with Gasteiger partial charge in [-0.15, -0.1) is 0 Å². The number of alkyl halides is 3. The number of carbonyl (C=O) groups is 1. The molecule has 0 aliphatic carbocycles. The normalized spacial score (nSPS) is 15.9. The Bertz CT molecular complexity index is 687. The highest BCUT2D eigenvalue weighted by molar-refractivity contribution is 5.80. The zero-order valence-electron chi connectivity index (χ0n) is 16.9. The molecule has 0 atom stereocenters. The summed E-state index contributed by atoms with van der Waals surface area (Å²) >= 11 is 0. The lowest BCUT2D eigenvalue weighted by molar-refractivity contribution is -0.153. The molecule has 29 heavy (non-hydrogen) atoms. The van der Waals surface area contributed by atoms with Crippen LogP contribution in [0.1, 0.15) is 31.7 Å². The number of nitrogens with zero attached hydrogens (tertiary/aromatic N) is 2. The molecule has 0 aromatic heterocycles. The van der Waals surface area contributed by atoms with Crippen molar-refractivity contribution in [3.8, 4) is 5.75 Å². The first kappa shape index (κ1) is 22.8. The second-order valence-corrected chi connectivity index (χ2v) is 6.99. The number of piperidine rings is 1. The molecule has 6 nitrogen and oxygen atoms in total. The fraction of sp³-hybridized carbons (Fsp3) is 0.600. The van der Waals surface area contributed by atoms with Gasteiger partial charge in [0.1, 0.15) is 5.75 Å². The second-order valence-electron chi connectivity index (χ2n) is 6.99. The number of para-hydroxylation sites is 1. The van der Waals surface area contributed by atoms with Gasteiger partial charge in [0.25, 0.3) is 0 Å². The maximum atomic E-state index is 12.5. The van der Waals surface area contributed by atoms with Gasteiger partial charge in [0, 0.05) is 38.7 Å². The predicted octanol–water partition coefficient (Wildman–Crippen LogP) is 2.94. The molecule has 1 amide bonds. The van der Waals surface area contributed by atoms with E-state index < -0.39 is 12.8 Å². The second kappa shape index (κ2) is 10.9. The summed E-state index contributed by atoms with van der Waals surface area (Å²) in [5.41, 5.74) is 0.599. The molecule has 162 valence electrons. The van der Waals surface area contributed by atoms with Crippen LogP contribution in [0.15, 0.2) is 29.3 Å². The lowest BCUT2D eigenvalue weighted by atomic mass is 9.93. The average Bonchev–Trinajstić information content (AvgIpc) is 2.70. The Morgan fingerprint density at radius 2 is 1.97 bits per heavy atom. The van der Waals surface area contributed by atoms with Crippen LogP contribution >= 0.6 is 0 Å². The van der Waals surface area contributed by atoms with Gasteiger partial charge in [-0.2, -0.15) is 13.2 Å². The van der Waals surface area contributed by atoms with E-state index in [0.29, 0.717) is 24.4 Å². The van der Waals surface area contributed by atoms with E-state index in [1.54, 1.807) is 25.2 Å². The van der Waals surface area contributed by atoms with Crippen molar-refractivity contribution < 1.29 is 22.7 Å². The van der Waals surface area contributed by atoms with Crippen LogP contribution in [-0.2, 0) is 11.3 Å². The summed E-state index contributed by atoms with van der Waals surface area (Å²) in [7, 11) is 1.64. The number of halogens is 3. The molecule has 0 saturated carbocycles. The molecule has 0 bridgehead atoms. The molecule has 1 saturated heterocycles. The van der Waals surface area contributed by atoms with Gasteiger partial charge in [-0.3, -0.25) is 4.79 Å². The fourth-order valence-corrected chi connectivity index (χ4v) is 3.23. The first-order valence-corrected chi connectivity index (χ1v) is 9.83. The topological polar surface area (TPSA) is 66.0 Å². The van der Waals surface area contributed by atoms with E-state index in [1.165, 1.54) is 6.07 Å². The van der Waals surface area contributed by atoms with Crippen LogP contribution in [0, 0.1) is 5.92 Å². The molecule has 0 unspecified atom stereocenters. The molecule has 1 aromatic carbocycles. The van der Waals surface area contributed by atoms with Gasteiger partial charge >= 0.3 is 6.18 Å². The highest BCUT2D eigenvalue weighted by Crippen LogP contribution is 2.24. The summed E-state index contributed by atoms with van der Waals surface area (Å²) in [6.07, 6.45) is -2.07. The number of likely N-dealkylation sites (tertiary alicyclic amines) is 1. The van der Waals surface area contributed by atoms with Gasteiger partial charge in [0.05, 0.1) is 6.54 Å². The zero-order chi connectivity index (χ0) is 21.3. The van der Waals surface area contributed by atoms with E-state index in [9.17, 15) is 18.0 Å². The highest BCUT2D eigenvalue weighted by Gasteiger charge is 2.29. The lowest BCUT2D eigenvalue weighted by Gasteiger charge is -2.34. The van der Waals surface area contributed by atoms with Crippen molar-refractivity contribution in [3.05, 3.63) is 29.8 Å². The zero-order valence-corrected chi connectivity index (χ0v) is 16.9. The van der Waals surface area contributed by atoms with E-state index in [-0.39, 0.29) is 18.2 Å². The first-order chi connectivity index (χ1) is 13.8. The summed E-state index contributed by atoms with van der Waals surface area (Å²) in [5, 5.41) is 5.90. The minimum absolute atomic E-state index is 0.0551. The monoisotopic (exact) mass is 414 g/mol. The van der Waals surface area contributed by atoms with Crippen molar-refractivity contribution in [1.29, 1.82) is 0 Å². The number of carbonyl (C=O) groups excluding carboxylic acids is 1. The Morgan fingerprint density at radius 1 is 1.28 bits per heavy atom. The summed E-state index contributed by atoms with van der Waals surface area (Å²) in [6.45, 7) is 3.10. The quantitative estimate of drug-likeness (QED) is 0.532. The standard InChI is InChI=1S/C20H29F3N4O2/c1-3-25-19(27-10-8-15(9-11-27)12-18(28)24-2)26-13-16-6-4-5-7-17(16)29-14-20(21,22)23/h4-7,15H,3,8-14H2,1-2H3,(H,24,28)(H,25,26). The van der Waals surface area contributed by atoms with Crippen molar-refractivity contribution >= 4 is 11.9 Å². The van der Waals surface area contributed by atoms with Crippen LogP contribution < -0.4 is 15.4 Å². The summed E-state index contributed by atoms with van der Waals surface area (Å²) in [4.78, 5) is 18.3. The van der Waals surface area contributed by atoms with Gasteiger partial charge in [-0.1, -0.05) is 18.2 Å². The number of amides is 1. The smallest absolute Gasteiger partial charge is 0.422 e. The Kier molecular flexibility index (Phi) is 8.60. The maximum absolute atomic E-state index is 12.5. The molecular formula is C20H29F3N4O2. The molecule has 1 aromatic rings. The molecule has 1 aliphatic heterocycles.